The second kappa shape index (κ2) is 8.90. The average Bonchev–Trinajstić information content (AvgIpc) is 2.65. The molecule has 0 amide bonds. The van der Waals surface area contributed by atoms with Crippen LogP contribution in [0.5, 0.6) is 11.5 Å². The van der Waals surface area contributed by atoms with Crippen molar-refractivity contribution in [2.75, 3.05) is 4.90 Å². The van der Waals surface area contributed by atoms with E-state index in [2.05, 4.69) is 5.32 Å². The molecule has 2 aromatic rings. The quantitative estimate of drug-likeness (QED) is 0.350. The Bertz CT molecular complexity index is 1150. The first-order valence-corrected chi connectivity index (χ1v) is 10.8. The van der Waals surface area contributed by atoms with Crippen LogP contribution in [0, 0.1) is 0 Å². The van der Waals surface area contributed by atoms with E-state index in [-0.39, 0.29) is 22.3 Å². The number of hydrogen-bond donors (Lipinski definition) is 1. The van der Waals surface area contributed by atoms with Crippen molar-refractivity contribution in [1.29, 1.82) is 0 Å². The number of benzene rings is 2. The maximum Gasteiger partial charge on any atom is 0.416 e. The van der Waals surface area contributed by atoms with Crippen LogP contribution in [-0.4, -0.2) is 22.6 Å². The molecule has 0 unspecified atom stereocenters. The minimum Gasteiger partial charge on any atom is -0.427 e. The number of anilines is 1. The van der Waals surface area contributed by atoms with Crippen LogP contribution >= 0.6 is 12.2 Å². The molecule has 0 saturated carbocycles. The highest BCUT2D eigenvalue weighted by Crippen LogP contribution is 2.47. The summed E-state index contributed by atoms with van der Waals surface area (Å²) < 4.78 is 51.0. The van der Waals surface area contributed by atoms with E-state index in [4.69, 9.17) is 21.7 Å². The predicted octanol–water partition coefficient (Wildman–Crippen LogP) is 5.33. The molecule has 182 valence electrons. The number of alkyl halides is 3. The Kier molecular flexibility index (Phi) is 6.67. The molecule has 34 heavy (non-hydrogen) atoms. The van der Waals surface area contributed by atoms with Crippen molar-refractivity contribution in [1.82, 2.24) is 5.32 Å². The molecule has 0 bridgehead atoms. The van der Waals surface area contributed by atoms with Gasteiger partial charge in [-0.2, -0.15) is 13.2 Å². The third-order valence-corrected chi connectivity index (χ3v) is 5.69. The number of ether oxygens (including phenoxy) is 2. The van der Waals surface area contributed by atoms with Crippen LogP contribution in [0.2, 0.25) is 0 Å². The second-order valence-corrected chi connectivity index (χ2v) is 9.38. The molecule has 1 heterocycles. The summed E-state index contributed by atoms with van der Waals surface area (Å²) in [5, 5.41) is 3.40. The summed E-state index contributed by atoms with van der Waals surface area (Å²) >= 11 is 5.61. The Morgan fingerprint density at radius 1 is 1.03 bits per heavy atom. The van der Waals surface area contributed by atoms with E-state index in [1.54, 1.807) is 17.0 Å². The lowest BCUT2D eigenvalue weighted by molar-refractivity contribution is -0.137. The smallest absolute Gasteiger partial charge is 0.416 e. The van der Waals surface area contributed by atoms with E-state index < -0.39 is 34.8 Å². The molecule has 1 aliphatic heterocycles. The Hall–Kier alpha value is -3.14. The molecule has 3 rings (SSSR count). The largest absolute Gasteiger partial charge is 0.427 e. The fraction of sp³-hybridized carbons (Fsp3) is 0.375. The molecule has 0 aliphatic carbocycles. The lowest BCUT2D eigenvalue weighted by Gasteiger charge is -2.53. The van der Waals surface area contributed by atoms with Crippen molar-refractivity contribution in [3.05, 3.63) is 53.6 Å². The van der Waals surface area contributed by atoms with E-state index in [1.165, 1.54) is 32.0 Å². The first kappa shape index (κ1) is 25.5. The van der Waals surface area contributed by atoms with Gasteiger partial charge >= 0.3 is 18.1 Å². The zero-order valence-electron chi connectivity index (χ0n) is 19.4. The standard InChI is InChI=1S/C24H25F3N2O4S/c1-14(30)32-18-9-10-19(20(12-18)33-15(2)31)23(5)13-22(3,4)28-21(34)29(23)17-8-6-7-16(11-17)24(25,26)27/h6-12H,13H2,1-5H3,(H,28,34)/t23-/m0/s1. The molecule has 0 aromatic heterocycles. The van der Waals surface area contributed by atoms with Crippen LogP contribution in [-0.2, 0) is 21.3 Å². The van der Waals surface area contributed by atoms with E-state index in [0.29, 0.717) is 12.0 Å². The number of nitrogens with zero attached hydrogens (tertiary/aromatic N) is 1. The second-order valence-electron chi connectivity index (χ2n) is 8.99. The molecule has 2 aromatic carbocycles. The summed E-state index contributed by atoms with van der Waals surface area (Å²) in [5.74, 6) is -0.877. The van der Waals surface area contributed by atoms with Crippen molar-refractivity contribution in [3.8, 4) is 11.5 Å². The van der Waals surface area contributed by atoms with Gasteiger partial charge in [-0.15, -0.1) is 0 Å². The molecule has 1 N–H and O–H groups in total. The van der Waals surface area contributed by atoms with E-state index in [9.17, 15) is 22.8 Å². The maximum absolute atomic E-state index is 13.5. The van der Waals surface area contributed by atoms with Crippen molar-refractivity contribution < 1.29 is 32.2 Å². The summed E-state index contributed by atoms with van der Waals surface area (Å²) in [7, 11) is 0. The van der Waals surface area contributed by atoms with E-state index in [1.807, 2.05) is 20.8 Å². The molecule has 1 atom stereocenters. The lowest BCUT2D eigenvalue weighted by atomic mass is 9.76. The van der Waals surface area contributed by atoms with Crippen LogP contribution in [0.3, 0.4) is 0 Å². The number of esters is 2. The highest BCUT2D eigenvalue weighted by molar-refractivity contribution is 7.80. The van der Waals surface area contributed by atoms with Crippen LogP contribution in [0.25, 0.3) is 0 Å². The first-order chi connectivity index (χ1) is 15.6. The maximum atomic E-state index is 13.5. The van der Waals surface area contributed by atoms with Gasteiger partial charge in [0.25, 0.3) is 0 Å². The third kappa shape index (κ3) is 5.32. The van der Waals surface area contributed by atoms with Gasteiger partial charge in [-0.3, -0.25) is 9.59 Å². The van der Waals surface area contributed by atoms with Gasteiger partial charge in [0.15, 0.2) is 5.11 Å². The van der Waals surface area contributed by atoms with Crippen molar-refractivity contribution in [2.24, 2.45) is 0 Å². The molecule has 1 fully saturated rings. The molecule has 10 heteroatoms. The van der Waals surface area contributed by atoms with Crippen LogP contribution in [0.4, 0.5) is 18.9 Å². The number of rotatable bonds is 4. The molecule has 0 spiro atoms. The highest BCUT2D eigenvalue weighted by atomic mass is 32.1. The van der Waals surface area contributed by atoms with Gasteiger partial charge < -0.3 is 19.7 Å². The zero-order valence-corrected chi connectivity index (χ0v) is 20.2. The van der Waals surface area contributed by atoms with Crippen molar-refractivity contribution >= 4 is 35.0 Å². The number of hydrogen-bond acceptors (Lipinski definition) is 5. The average molecular weight is 495 g/mol. The van der Waals surface area contributed by atoms with Crippen molar-refractivity contribution in [3.63, 3.8) is 0 Å². The topological polar surface area (TPSA) is 67.9 Å². The molecule has 1 aliphatic rings. The molecule has 1 saturated heterocycles. The number of carbonyl (C=O) groups excluding carboxylic acids is 2. The monoisotopic (exact) mass is 494 g/mol. The van der Waals surface area contributed by atoms with Gasteiger partial charge in [0.05, 0.1) is 11.1 Å². The SMILES string of the molecule is CC(=O)Oc1ccc([C@]2(C)CC(C)(C)NC(=S)N2c2cccc(C(F)(F)F)c2)c(OC(C)=O)c1. The minimum absolute atomic E-state index is 0.117. The summed E-state index contributed by atoms with van der Waals surface area (Å²) in [5.41, 5.74) is -1.66. The summed E-state index contributed by atoms with van der Waals surface area (Å²) in [6.45, 7) is 8.12. The van der Waals surface area contributed by atoms with Gasteiger partial charge in [-0.25, -0.2) is 0 Å². The Morgan fingerprint density at radius 3 is 2.26 bits per heavy atom. The Labute approximate surface area is 201 Å². The number of halogens is 3. The van der Waals surface area contributed by atoms with E-state index >= 15 is 0 Å². The first-order valence-electron chi connectivity index (χ1n) is 10.4. The summed E-state index contributed by atoms with van der Waals surface area (Å²) in [6, 6.07) is 9.45. The number of thiocarbonyl (C=S) groups is 1. The van der Waals surface area contributed by atoms with Crippen LogP contribution < -0.4 is 19.7 Å². The minimum atomic E-state index is -4.54. The van der Waals surface area contributed by atoms with Gasteiger partial charge in [0.1, 0.15) is 11.5 Å². The summed E-state index contributed by atoms with van der Waals surface area (Å²) in [6.07, 6.45) is -4.15. The molecular formula is C24H25F3N2O4S. The zero-order chi connectivity index (χ0) is 25.5. The normalized spacial score (nSPS) is 19.9. The predicted molar refractivity (Wildman–Crippen MR) is 125 cm³/mol. The van der Waals surface area contributed by atoms with Crippen LogP contribution in [0.1, 0.15) is 52.2 Å². The van der Waals surface area contributed by atoms with E-state index in [0.717, 1.165) is 12.1 Å². The Morgan fingerprint density at radius 2 is 1.68 bits per heavy atom. The fourth-order valence-corrected chi connectivity index (χ4v) is 4.99. The van der Waals surface area contributed by atoms with Gasteiger partial charge in [0.2, 0.25) is 0 Å². The molecule has 0 radical (unpaired) electrons. The van der Waals surface area contributed by atoms with Crippen molar-refractivity contribution in [2.45, 2.75) is 58.3 Å². The van der Waals surface area contributed by atoms with Crippen LogP contribution in [0.15, 0.2) is 42.5 Å². The number of nitrogens with one attached hydrogen (secondary N) is 1. The number of carbonyl (C=O) groups is 2. The lowest BCUT2D eigenvalue weighted by Crippen LogP contribution is -2.65. The third-order valence-electron chi connectivity index (χ3n) is 5.41. The molecular weight excluding hydrogens is 469 g/mol. The Balaban J connectivity index is 2.24. The van der Waals surface area contributed by atoms with Gasteiger partial charge in [0, 0.05) is 36.7 Å². The fourth-order valence-electron chi connectivity index (χ4n) is 4.41. The molecule has 6 nitrogen and oxygen atoms in total. The highest BCUT2D eigenvalue weighted by Gasteiger charge is 2.48. The summed E-state index contributed by atoms with van der Waals surface area (Å²) in [4.78, 5) is 24.9. The van der Waals surface area contributed by atoms with Gasteiger partial charge in [-0.05, 0) is 69.7 Å². The van der Waals surface area contributed by atoms with Gasteiger partial charge in [-0.1, -0.05) is 6.07 Å².